The van der Waals surface area contributed by atoms with Gasteiger partial charge in [0, 0.05) is 17.5 Å². The summed E-state index contributed by atoms with van der Waals surface area (Å²) in [5.41, 5.74) is 0.252. The van der Waals surface area contributed by atoms with E-state index >= 15 is 0 Å². The Morgan fingerprint density at radius 2 is 1.86 bits per heavy atom. The van der Waals surface area contributed by atoms with Crippen molar-refractivity contribution in [3.8, 4) is 16.3 Å². The maximum absolute atomic E-state index is 13.2. The van der Waals surface area contributed by atoms with Crippen LogP contribution in [-0.2, 0) is 12.8 Å². The molecule has 0 aliphatic heterocycles. The van der Waals surface area contributed by atoms with Gasteiger partial charge in [0.25, 0.3) is 5.91 Å². The van der Waals surface area contributed by atoms with E-state index in [2.05, 4.69) is 10.3 Å². The minimum absolute atomic E-state index is 0.0496. The number of benzene rings is 2. The molecular formula is C21H19F3N2O2S. The summed E-state index contributed by atoms with van der Waals surface area (Å²) in [5, 5.41) is 4.97. The minimum atomic E-state index is -4.45. The van der Waals surface area contributed by atoms with Gasteiger partial charge in [-0.2, -0.15) is 13.2 Å². The third-order valence-corrected chi connectivity index (χ3v) is 4.97. The maximum atomic E-state index is 13.2. The van der Waals surface area contributed by atoms with Crippen LogP contribution in [0.25, 0.3) is 10.6 Å². The van der Waals surface area contributed by atoms with Gasteiger partial charge in [0.15, 0.2) is 0 Å². The number of hydrogen-bond acceptors (Lipinski definition) is 4. The quantitative estimate of drug-likeness (QED) is 0.545. The largest absolute Gasteiger partial charge is 0.488 e. The van der Waals surface area contributed by atoms with Crippen LogP contribution in [0.5, 0.6) is 5.75 Å². The summed E-state index contributed by atoms with van der Waals surface area (Å²) in [6.07, 6.45) is -3.63. The molecule has 1 heterocycles. The lowest BCUT2D eigenvalue weighted by atomic mass is 10.1. The molecule has 29 heavy (non-hydrogen) atoms. The molecule has 1 amide bonds. The molecule has 1 N–H and O–H groups in total. The standard InChI is InChI=1S/C21H19F3N2O2S/c1-2-11-25-19(27)17-13-29-20(26-17)15-8-4-6-10-18(15)28-12-14-7-3-5-9-16(14)21(22,23)24/h3-10,13H,2,11-12H2,1H3,(H,25,27). The number of aromatic nitrogens is 1. The Hall–Kier alpha value is -2.87. The molecule has 2 aromatic carbocycles. The summed E-state index contributed by atoms with van der Waals surface area (Å²) in [6, 6.07) is 12.3. The molecule has 0 radical (unpaired) electrons. The third kappa shape index (κ3) is 5.14. The lowest BCUT2D eigenvalue weighted by molar-refractivity contribution is -0.138. The predicted octanol–water partition coefficient (Wildman–Crippen LogP) is 5.55. The van der Waals surface area contributed by atoms with Crippen molar-refractivity contribution in [2.75, 3.05) is 6.54 Å². The van der Waals surface area contributed by atoms with Crippen molar-refractivity contribution in [1.82, 2.24) is 10.3 Å². The molecule has 0 saturated heterocycles. The lowest BCUT2D eigenvalue weighted by Crippen LogP contribution is -2.24. The van der Waals surface area contributed by atoms with Crippen LogP contribution in [0, 0.1) is 0 Å². The van der Waals surface area contributed by atoms with E-state index in [4.69, 9.17) is 4.74 Å². The fraction of sp³-hybridized carbons (Fsp3) is 0.238. The molecule has 3 rings (SSSR count). The zero-order valence-corrected chi connectivity index (χ0v) is 16.4. The Bertz CT molecular complexity index is 986. The SMILES string of the molecule is CCCNC(=O)c1csc(-c2ccccc2OCc2ccccc2C(F)(F)F)n1. The highest BCUT2D eigenvalue weighted by molar-refractivity contribution is 7.13. The van der Waals surface area contributed by atoms with Gasteiger partial charge < -0.3 is 10.1 Å². The van der Waals surface area contributed by atoms with Gasteiger partial charge in [-0.25, -0.2) is 4.98 Å². The number of carbonyl (C=O) groups excluding carboxylic acids is 1. The van der Waals surface area contributed by atoms with Crippen molar-refractivity contribution < 1.29 is 22.7 Å². The number of hydrogen-bond donors (Lipinski definition) is 1. The Kier molecular flexibility index (Phi) is 6.53. The monoisotopic (exact) mass is 420 g/mol. The molecule has 0 bridgehead atoms. The Balaban J connectivity index is 1.81. The highest BCUT2D eigenvalue weighted by atomic mass is 32.1. The average molecular weight is 420 g/mol. The smallest absolute Gasteiger partial charge is 0.416 e. The molecule has 0 aliphatic rings. The molecule has 8 heteroatoms. The van der Waals surface area contributed by atoms with Crippen molar-refractivity contribution in [3.63, 3.8) is 0 Å². The van der Waals surface area contributed by atoms with Crippen molar-refractivity contribution in [3.05, 3.63) is 70.7 Å². The number of carbonyl (C=O) groups is 1. The molecule has 152 valence electrons. The van der Waals surface area contributed by atoms with Gasteiger partial charge in [-0.15, -0.1) is 11.3 Å². The van der Waals surface area contributed by atoms with Crippen molar-refractivity contribution >= 4 is 17.2 Å². The topological polar surface area (TPSA) is 51.2 Å². The summed E-state index contributed by atoms with van der Waals surface area (Å²) in [7, 11) is 0. The number of nitrogens with one attached hydrogen (secondary N) is 1. The number of nitrogens with zero attached hydrogens (tertiary/aromatic N) is 1. The van der Waals surface area contributed by atoms with E-state index in [-0.39, 0.29) is 18.1 Å². The molecule has 0 fully saturated rings. The first-order valence-electron chi connectivity index (χ1n) is 9.01. The van der Waals surface area contributed by atoms with E-state index in [1.165, 1.54) is 23.5 Å². The molecule has 1 aromatic heterocycles. The average Bonchev–Trinajstić information content (AvgIpc) is 3.20. The second kappa shape index (κ2) is 9.09. The van der Waals surface area contributed by atoms with E-state index < -0.39 is 11.7 Å². The zero-order chi connectivity index (χ0) is 20.9. The predicted molar refractivity (Wildman–Crippen MR) is 106 cm³/mol. The number of halogens is 3. The molecule has 0 spiro atoms. The Morgan fingerprint density at radius 3 is 2.62 bits per heavy atom. The third-order valence-electron chi connectivity index (χ3n) is 4.10. The number of amides is 1. The molecule has 0 aliphatic carbocycles. The van der Waals surface area contributed by atoms with E-state index in [1.807, 2.05) is 6.92 Å². The van der Waals surface area contributed by atoms with Crippen LogP contribution >= 0.6 is 11.3 Å². The lowest BCUT2D eigenvalue weighted by Gasteiger charge is -2.14. The molecule has 3 aromatic rings. The Morgan fingerprint density at radius 1 is 1.14 bits per heavy atom. The number of rotatable bonds is 7. The van der Waals surface area contributed by atoms with E-state index in [0.717, 1.165) is 12.5 Å². The normalized spacial score (nSPS) is 11.3. The van der Waals surface area contributed by atoms with Crippen LogP contribution < -0.4 is 10.1 Å². The van der Waals surface area contributed by atoms with E-state index in [0.29, 0.717) is 28.6 Å². The first kappa shape index (κ1) is 20.9. The highest BCUT2D eigenvalue weighted by Crippen LogP contribution is 2.35. The highest BCUT2D eigenvalue weighted by Gasteiger charge is 2.33. The Labute approximate surface area is 170 Å². The summed E-state index contributed by atoms with van der Waals surface area (Å²) in [6.45, 7) is 2.28. The fourth-order valence-corrected chi connectivity index (χ4v) is 3.51. The molecular weight excluding hydrogens is 401 g/mol. The number of para-hydroxylation sites is 1. The van der Waals surface area contributed by atoms with Crippen molar-refractivity contribution in [2.45, 2.75) is 26.1 Å². The van der Waals surface area contributed by atoms with Crippen LogP contribution in [0.4, 0.5) is 13.2 Å². The maximum Gasteiger partial charge on any atom is 0.416 e. The van der Waals surface area contributed by atoms with Gasteiger partial charge in [-0.1, -0.05) is 37.3 Å². The van der Waals surface area contributed by atoms with Gasteiger partial charge in [0.1, 0.15) is 23.1 Å². The van der Waals surface area contributed by atoms with Gasteiger partial charge in [0.05, 0.1) is 11.1 Å². The van der Waals surface area contributed by atoms with Crippen LogP contribution in [0.2, 0.25) is 0 Å². The zero-order valence-electron chi connectivity index (χ0n) is 15.6. The minimum Gasteiger partial charge on any atom is -0.488 e. The first-order valence-corrected chi connectivity index (χ1v) is 9.89. The summed E-state index contributed by atoms with van der Waals surface area (Å²) in [5.74, 6) is 0.145. The fourth-order valence-electron chi connectivity index (χ4n) is 2.68. The molecule has 0 unspecified atom stereocenters. The summed E-state index contributed by atoms with van der Waals surface area (Å²) in [4.78, 5) is 16.4. The van der Waals surface area contributed by atoms with E-state index in [1.54, 1.807) is 35.7 Å². The van der Waals surface area contributed by atoms with Crippen molar-refractivity contribution in [1.29, 1.82) is 0 Å². The van der Waals surface area contributed by atoms with Gasteiger partial charge in [-0.05, 0) is 24.6 Å². The molecule has 0 atom stereocenters. The van der Waals surface area contributed by atoms with Crippen molar-refractivity contribution in [2.24, 2.45) is 0 Å². The van der Waals surface area contributed by atoms with Crippen LogP contribution in [0.3, 0.4) is 0 Å². The number of thiazole rings is 1. The summed E-state index contributed by atoms with van der Waals surface area (Å²) >= 11 is 1.28. The van der Waals surface area contributed by atoms with Crippen LogP contribution in [0.1, 0.15) is 35.0 Å². The second-order valence-electron chi connectivity index (χ2n) is 6.23. The van der Waals surface area contributed by atoms with Crippen LogP contribution in [0.15, 0.2) is 53.9 Å². The second-order valence-corrected chi connectivity index (χ2v) is 7.09. The van der Waals surface area contributed by atoms with E-state index in [9.17, 15) is 18.0 Å². The van der Waals surface area contributed by atoms with Gasteiger partial charge in [-0.3, -0.25) is 4.79 Å². The van der Waals surface area contributed by atoms with Gasteiger partial charge >= 0.3 is 6.18 Å². The molecule has 0 saturated carbocycles. The first-order chi connectivity index (χ1) is 13.9. The summed E-state index contributed by atoms with van der Waals surface area (Å²) < 4.78 is 45.3. The molecule has 4 nitrogen and oxygen atoms in total. The number of alkyl halides is 3. The number of ether oxygens (including phenoxy) is 1. The van der Waals surface area contributed by atoms with Gasteiger partial charge in [0.2, 0.25) is 0 Å². The van der Waals surface area contributed by atoms with Crippen LogP contribution in [-0.4, -0.2) is 17.4 Å².